The average Bonchev–Trinajstić information content (AvgIpc) is 2.32. The molecule has 0 atom stereocenters. The minimum absolute atomic E-state index is 0.197. The lowest BCUT2D eigenvalue weighted by atomic mass is 9.75. The molecule has 1 aromatic rings. The molecule has 0 spiro atoms. The van der Waals surface area contributed by atoms with Crippen LogP contribution >= 0.6 is 0 Å². The van der Waals surface area contributed by atoms with Crippen molar-refractivity contribution >= 4 is 5.91 Å². The topological polar surface area (TPSA) is 62.0 Å². The predicted octanol–water partition coefficient (Wildman–Crippen LogP) is 2.07. The van der Waals surface area contributed by atoms with Gasteiger partial charge in [0, 0.05) is 24.5 Å². The molecular weight excluding hydrogens is 228 g/mol. The molecule has 4 nitrogen and oxygen atoms in total. The molecule has 0 aromatic carbocycles. The highest BCUT2D eigenvalue weighted by Gasteiger charge is 2.27. The molecular formula is C14H20N2O2. The van der Waals surface area contributed by atoms with Crippen LogP contribution in [0.25, 0.3) is 0 Å². The summed E-state index contributed by atoms with van der Waals surface area (Å²) >= 11 is 0. The smallest absolute Gasteiger partial charge is 0.256 e. The molecule has 0 aliphatic heterocycles. The number of nitrogens with one attached hydrogen (secondary N) is 2. The fraction of sp³-hybridized carbons (Fsp3) is 0.571. The first-order chi connectivity index (χ1) is 8.48. The molecule has 98 valence electrons. The number of rotatable bonds is 2. The van der Waals surface area contributed by atoms with Crippen molar-refractivity contribution in [2.75, 3.05) is 0 Å². The van der Waals surface area contributed by atoms with Crippen molar-refractivity contribution in [3.63, 3.8) is 0 Å². The molecule has 2 rings (SSSR count). The van der Waals surface area contributed by atoms with Gasteiger partial charge in [-0.25, -0.2) is 0 Å². The van der Waals surface area contributed by atoms with E-state index in [-0.39, 0.29) is 22.9 Å². The Bertz CT molecular complexity index is 481. The number of aromatic amines is 1. The van der Waals surface area contributed by atoms with Crippen LogP contribution in [0.5, 0.6) is 0 Å². The minimum atomic E-state index is -0.262. The maximum absolute atomic E-state index is 12.0. The Morgan fingerprint density at radius 1 is 1.39 bits per heavy atom. The fourth-order valence-corrected chi connectivity index (χ4v) is 2.40. The van der Waals surface area contributed by atoms with Gasteiger partial charge in [0.1, 0.15) is 5.56 Å². The van der Waals surface area contributed by atoms with Crippen LogP contribution in [-0.4, -0.2) is 16.9 Å². The summed E-state index contributed by atoms with van der Waals surface area (Å²) in [6, 6.07) is 1.57. The van der Waals surface area contributed by atoms with Crippen molar-refractivity contribution in [2.24, 2.45) is 5.41 Å². The summed E-state index contributed by atoms with van der Waals surface area (Å²) in [7, 11) is 0. The minimum Gasteiger partial charge on any atom is -0.367 e. The lowest BCUT2D eigenvalue weighted by Crippen LogP contribution is -2.40. The van der Waals surface area contributed by atoms with Gasteiger partial charge < -0.3 is 10.3 Å². The van der Waals surface area contributed by atoms with E-state index >= 15 is 0 Å². The number of hydrogen-bond donors (Lipinski definition) is 2. The highest BCUT2D eigenvalue weighted by molar-refractivity contribution is 5.93. The number of hydrogen-bond acceptors (Lipinski definition) is 2. The Morgan fingerprint density at radius 2 is 2.06 bits per heavy atom. The van der Waals surface area contributed by atoms with Crippen LogP contribution < -0.4 is 10.7 Å². The van der Waals surface area contributed by atoms with Crippen LogP contribution in [0.3, 0.4) is 0 Å². The van der Waals surface area contributed by atoms with Crippen LogP contribution in [-0.2, 0) is 0 Å². The lowest BCUT2D eigenvalue weighted by molar-refractivity contribution is 0.0907. The van der Waals surface area contributed by atoms with E-state index in [1.165, 1.54) is 18.5 Å². The summed E-state index contributed by atoms with van der Waals surface area (Å²) in [6.07, 6.45) is 7.20. The highest BCUT2D eigenvalue weighted by atomic mass is 16.2. The van der Waals surface area contributed by atoms with Crippen molar-refractivity contribution < 1.29 is 4.79 Å². The van der Waals surface area contributed by atoms with Gasteiger partial charge in [0.05, 0.1) is 0 Å². The number of pyridine rings is 1. The van der Waals surface area contributed by atoms with E-state index in [9.17, 15) is 9.59 Å². The molecule has 4 heteroatoms. The van der Waals surface area contributed by atoms with Crippen molar-refractivity contribution in [2.45, 2.75) is 45.6 Å². The van der Waals surface area contributed by atoms with E-state index in [2.05, 4.69) is 24.1 Å². The van der Waals surface area contributed by atoms with Crippen LogP contribution in [0.2, 0.25) is 0 Å². The molecule has 0 unspecified atom stereocenters. The zero-order valence-electron chi connectivity index (χ0n) is 11.0. The third kappa shape index (κ3) is 3.00. The number of carbonyl (C=O) groups is 1. The molecule has 0 saturated heterocycles. The Balaban J connectivity index is 1.97. The summed E-state index contributed by atoms with van der Waals surface area (Å²) in [6.45, 7) is 4.51. The molecule has 1 aliphatic carbocycles. The molecule has 1 fully saturated rings. The number of carbonyl (C=O) groups excluding carboxylic acids is 1. The number of aromatic nitrogens is 1. The molecule has 1 aliphatic rings. The Morgan fingerprint density at radius 3 is 2.67 bits per heavy atom. The monoisotopic (exact) mass is 248 g/mol. The highest BCUT2D eigenvalue weighted by Crippen LogP contribution is 2.34. The third-order valence-electron chi connectivity index (χ3n) is 3.74. The first kappa shape index (κ1) is 12.9. The van der Waals surface area contributed by atoms with Gasteiger partial charge in [-0.1, -0.05) is 13.8 Å². The van der Waals surface area contributed by atoms with Gasteiger partial charge in [-0.05, 0) is 31.1 Å². The van der Waals surface area contributed by atoms with Crippen LogP contribution in [0.15, 0.2) is 23.3 Å². The SMILES string of the molecule is CC1(C)CCC(NC(=O)c2c[nH]ccc2=O)CC1. The van der Waals surface area contributed by atoms with Crippen molar-refractivity contribution in [1.82, 2.24) is 10.3 Å². The van der Waals surface area contributed by atoms with E-state index in [1.807, 2.05) is 0 Å². The molecule has 1 amide bonds. The van der Waals surface area contributed by atoms with E-state index in [1.54, 1.807) is 0 Å². The second-order valence-corrected chi connectivity index (χ2v) is 5.83. The molecule has 0 bridgehead atoms. The molecule has 2 N–H and O–H groups in total. The van der Waals surface area contributed by atoms with Gasteiger partial charge in [-0.15, -0.1) is 0 Å². The molecule has 1 heterocycles. The zero-order chi connectivity index (χ0) is 13.2. The van der Waals surface area contributed by atoms with Gasteiger partial charge >= 0.3 is 0 Å². The molecule has 0 radical (unpaired) electrons. The standard InChI is InChI=1S/C14H20N2O2/c1-14(2)6-3-10(4-7-14)16-13(18)11-9-15-8-5-12(11)17/h5,8-10H,3-4,6-7H2,1-2H3,(H,15,17)(H,16,18). The van der Waals surface area contributed by atoms with Gasteiger partial charge in [-0.2, -0.15) is 0 Å². The van der Waals surface area contributed by atoms with Crippen molar-refractivity contribution in [3.05, 3.63) is 34.2 Å². The van der Waals surface area contributed by atoms with Crippen molar-refractivity contribution in [3.8, 4) is 0 Å². The van der Waals surface area contributed by atoms with Crippen LogP contribution in [0.4, 0.5) is 0 Å². The third-order valence-corrected chi connectivity index (χ3v) is 3.74. The molecule has 1 saturated carbocycles. The number of H-pyrrole nitrogens is 1. The van der Waals surface area contributed by atoms with E-state index in [4.69, 9.17) is 0 Å². The van der Waals surface area contributed by atoms with E-state index < -0.39 is 0 Å². The average molecular weight is 248 g/mol. The second-order valence-electron chi connectivity index (χ2n) is 5.83. The largest absolute Gasteiger partial charge is 0.367 e. The Hall–Kier alpha value is -1.58. The molecule has 1 aromatic heterocycles. The fourth-order valence-electron chi connectivity index (χ4n) is 2.40. The van der Waals surface area contributed by atoms with E-state index in [0.29, 0.717) is 5.41 Å². The van der Waals surface area contributed by atoms with Crippen LogP contribution in [0.1, 0.15) is 49.9 Å². The summed E-state index contributed by atoms with van der Waals surface area (Å²) in [5.74, 6) is -0.262. The van der Waals surface area contributed by atoms with Gasteiger partial charge in [0.25, 0.3) is 5.91 Å². The first-order valence-electron chi connectivity index (χ1n) is 6.46. The van der Waals surface area contributed by atoms with Gasteiger partial charge in [0.2, 0.25) is 0 Å². The Kier molecular flexibility index (Phi) is 3.55. The second kappa shape index (κ2) is 4.96. The number of amides is 1. The maximum Gasteiger partial charge on any atom is 0.256 e. The van der Waals surface area contributed by atoms with Gasteiger partial charge in [0.15, 0.2) is 5.43 Å². The molecule has 18 heavy (non-hydrogen) atoms. The van der Waals surface area contributed by atoms with Crippen molar-refractivity contribution in [1.29, 1.82) is 0 Å². The normalized spacial score (nSPS) is 19.4. The quantitative estimate of drug-likeness (QED) is 0.841. The lowest BCUT2D eigenvalue weighted by Gasteiger charge is -2.34. The summed E-state index contributed by atoms with van der Waals surface area (Å²) in [5.41, 5.74) is 0.343. The van der Waals surface area contributed by atoms with Crippen LogP contribution in [0, 0.1) is 5.41 Å². The zero-order valence-corrected chi connectivity index (χ0v) is 11.0. The van der Waals surface area contributed by atoms with Gasteiger partial charge in [-0.3, -0.25) is 9.59 Å². The summed E-state index contributed by atoms with van der Waals surface area (Å²) < 4.78 is 0. The maximum atomic E-state index is 12.0. The van der Waals surface area contributed by atoms with E-state index in [0.717, 1.165) is 25.7 Å². The predicted molar refractivity (Wildman–Crippen MR) is 70.6 cm³/mol. The first-order valence-corrected chi connectivity index (χ1v) is 6.46. The summed E-state index contributed by atoms with van der Waals surface area (Å²) in [5, 5.41) is 2.95. The Labute approximate surface area is 107 Å². The summed E-state index contributed by atoms with van der Waals surface area (Å²) in [4.78, 5) is 26.3.